The highest BCUT2D eigenvalue weighted by Crippen LogP contribution is 2.22. The minimum atomic E-state index is 0.0989. The molecule has 1 fully saturated rings. The summed E-state index contributed by atoms with van der Waals surface area (Å²) in [6.45, 7) is 5.29. The van der Waals surface area contributed by atoms with E-state index in [1.807, 2.05) is 53.6 Å². The van der Waals surface area contributed by atoms with Gasteiger partial charge in [0.05, 0.1) is 12.1 Å². The van der Waals surface area contributed by atoms with Crippen LogP contribution in [0, 0.1) is 6.92 Å². The lowest BCUT2D eigenvalue weighted by Crippen LogP contribution is -2.49. The zero-order valence-corrected chi connectivity index (χ0v) is 17.8. The second-order valence-corrected chi connectivity index (χ2v) is 8.34. The van der Waals surface area contributed by atoms with E-state index >= 15 is 0 Å². The molecule has 0 aliphatic carbocycles. The van der Waals surface area contributed by atoms with Crippen LogP contribution >= 0.6 is 11.3 Å². The van der Waals surface area contributed by atoms with Crippen molar-refractivity contribution in [3.05, 3.63) is 70.2 Å². The number of benzene rings is 2. The molecule has 156 valence electrons. The Balaban J connectivity index is 1.26. The highest BCUT2D eigenvalue weighted by molar-refractivity contribution is 7.09. The number of phenolic OH excluding ortho intramolecular Hbond substituents is 1. The number of ether oxygens (including phenoxy) is 1. The van der Waals surface area contributed by atoms with Gasteiger partial charge in [0.25, 0.3) is 0 Å². The van der Waals surface area contributed by atoms with Gasteiger partial charge in [0, 0.05) is 43.3 Å². The van der Waals surface area contributed by atoms with Crippen LogP contribution in [0.25, 0.3) is 0 Å². The molecule has 1 N–H and O–H groups in total. The average molecular weight is 424 g/mol. The van der Waals surface area contributed by atoms with Crippen molar-refractivity contribution in [2.75, 3.05) is 31.1 Å². The molecule has 1 amide bonds. The number of carbonyl (C=O) groups is 1. The van der Waals surface area contributed by atoms with Crippen LogP contribution < -0.4 is 9.64 Å². The summed E-state index contributed by atoms with van der Waals surface area (Å²) in [5, 5.41) is 12.5. The molecule has 4 rings (SSSR count). The maximum atomic E-state index is 12.7. The van der Waals surface area contributed by atoms with Crippen LogP contribution in [0.5, 0.6) is 11.5 Å². The van der Waals surface area contributed by atoms with Crippen LogP contribution in [0.15, 0.2) is 53.9 Å². The Hall–Kier alpha value is -3.06. The number of hydrogen-bond acceptors (Lipinski definition) is 6. The number of piperazine rings is 1. The first-order chi connectivity index (χ1) is 14.6. The van der Waals surface area contributed by atoms with E-state index < -0.39 is 0 Å². The largest absolute Gasteiger partial charge is 0.508 e. The fraction of sp³-hybridized carbons (Fsp3) is 0.304. The van der Waals surface area contributed by atoms with Crippen molar-refractivity contribution in [1.29, 1.82) is 0 Å². The summed E-state index contributed by atoms with van der Waals surface area (Å²) in [4.78, 5) is 21.3. The Morgan fingerprint density at radius 1 is 1.13 bits per heavy atom. The highest BCUT2D eigenvalue weighted by atomic mass is 32.1. The van der Waals surface area contributed by atoms with Crippen molar-refractivity contribution < 1.29 is 14.6 Å². The molecule has 0 spiro atoms. The molecular weight excluding hydrogens is 398 g/mol. The second kappa shape index (κ2) is 9.17. The molecule has 2 aromatic carbocycles. The number of aromatic hydroxyl groups is 1. The first kappa shape index (κ1) is 20.2. The number of amides is 1. The number of anilines is 1. The third kappa shape index (κ3) is 5.10. The lowest BCUT2D eigenvalue weighted by atomic mass is 10.2. The van der Waals surface area contributed by atoms with Crippen molar-refractivity contribution in [3.8, 4) is 11.5 Å². The van der Waals surface area contributed by atoms with Crippen molar-refractivity contribution in [3.63, 3.8) is 0 Å². The summed E-state index contributed by atoms with van der Waals surface area (Å²) in [6, 6.07) is 15.2. The molecule has 30 heavy (non-hydrogen) atoms. The highest BCUT2D eigenvalue weighted by Gasteiger charge is 2.22. The van der Waals surface area contributed by atoms with E-state index in [9.17, 15) is 9.90 Å². The molecule has 1 aliphatic heterocycles. The van der Waals surface area contributed by atoms with Gasteiger partial charge in [-0.15, -0.1) is 11.3 Å². The number of phenols is 1. The monoisotopic (exact) mass is 423 g/mol. The van der Waals surface area contributed by atoms with Gasteiger partial charge in [-0.05, 0) is 31.2 Å². The van der Waals surface area contributed by atoms with E-state index in [4.69, 9.17) is 4.74 Å². The van der Waals surface area contributed by atoms with Crippen LogP contribution in [0.1, 0.15) is 16.3 Å². The molecule has 3 aromatic rings. The number of hydrogen-bond donors (Lipinski definition) is 1. The molecule has 0 unspecified atom stereocenters. The molecule has 0 bridgehead atoms. The molecule has 1 saturated heterocycles. The summed E-state index contributed by atoms with van der Waals surface area (Å²) in [6.07, 6.45) is 0.313. The third-order valence-corrected chi connectivity index (χ3v) is 6.01. The van der Waals surface area contributed by atoms with Crippen molar-refractivity contribution in [2.45, 2.75) is 20.0 Å². The van der Waals surface area contributed by atoms with Crippen molar-refractivity contribution >= 4 is 22.9 Å². The molecule has 2 heterocycles. The first-order valence-electron chi connectivity index (χ1n) is 10.0. The van der Waals surface area contributed by atoms with E-state index in [-0.39, 0.29) is 11.7 Å². The van der Waals surface area contributed by atoms with Crippen LogP contribution in [-0.4, -0.2) is 47.1 Å². The predicted octanol–water partition coefficient (Wildman–Crippen LogP) is 3.63. The molecule has 7 heteroatoms. The van der Waals surface area contributed by atoms with E-state index in [1.165, 1.54) is 16.9 Å². The lowest BCUT2D eigenvalue weighted by molar-refractivity contribution is -0.130. The summed E-state index contributed by atoms with van der Waals surface area (Å²) in [5.41, 5.74) is 2.97. The summed E-state index contributed by atoms with van der Waals surface area (Å²) in [5.74, 6) is 1.18. The van der Waals surface area contributed by atoms with Crippen molar-refractivity contribution in [1.82, 2.24) is 9.88 Å². The number of carbonyl (C=O) groups excluding carboxylic acids is 1. The Morgan fingerprint density at radius 3 is 2.63 bits per heavy atom. The summed E-state index contributed by atoms with van der Waals surface area (Å²) >= 11 is 1.52. The lowest BCUT2D eigenvalue weighted by Gasteiger charge is -2.36. The zero-order valence-electron chi connectivity index (χ0n) is 17.0. The second-order valence-electron chi connectivity index (χ2n) is 7.40. The maximum absolute atomic E-state index is 12.7. The average Bonchev–Trinajstić information content (AvgIpc) is 3.21. The summed E-state index contributed by atoms with van der Waals surface area (Å²) in [7, 11) is 0. The van der Waals surface area contributed by atoms with E-state index in [0.717, 1.165) is 35.2 Å². The van der Waals surface area contributed by atoms with Crippen LogP contribution in [-0.2, 0) is 17.8 Å². The minimum absolute atomic E-state index is 0.0989. The van der Waals surface area contributed by atoms with Gasteiger partial charge in [0.15, 0.2) is 0 Å². The SMILES string of the molecule is Cc1ccc(OCc2nc(CC(=O)N3CCN(c4cccc(O)c4)CC3)cs2)cc1. The van der Waals surface area contributed by atoms with Crippen LogP contribution in [0.4, 0.5) is 5.69 Å². The van der Waals surface area contributed by atoms with Gasteiger partial charge < -0.3 is 19.6 Å². The number of thiazole rings is 1. The minimum Gasteiger partial charge on any atom is -0.508 e. The molecule has 1 aliphatic rings. The van der Waals surface area contributed by atoms with Gasteiger partial charge in [-0.3, -0.25) is 4.79 Å². The molecule has 6 nitrogen and oxygen atoms in total. The Labute approximate surface area is 180 Å². The van der Waals surface area contributed by atoms with Gasteiger partial charge >= 0.3 is 0 Å². The summed E-state index contributed by atoms with van der Waals surface area (Å²) < 4.78 is 5.77. The standard InChI is InChI=1S/C23H25N3O3S/c1-17-5-7-21(8-6-17)29-15-22-24-18(16-30-22)13-23(28)26-11-9-25(10-12-26)19-3-2-4-20(27)14-19/h2-8,14,16,27H,9-13,15H2,1H3. The Bertz CT molecular complexity index is 995. The van der Waals surface area contributed by atoms with E-state index in [0.29, 0.717) is 26.1 Å². The fourth-order valence-corrected chi connectivity index (χ4v) is 4.15. The number of aryl methyl sites for hydroxylation is 1. The van der Waals surface area contributed by atoms with Gasteiger partial charge in [-0.2, -0.15) is 0 Å². The molecule has 0 saturated carbocycles. The quantitative estimate of drug-likeness (QED) is 0.656. The van der Waals surface area contributed by atoms with E-state index in [2.05, 4.69) is 9.88 Å². The number of aromatic nitrogens is 1. The molecule has 0 atom stereocenters. The number of rotatable bonds is 6. The Morgan fingerprint density at radius 2 is 1.90 bits per heavy atom. The topological polar surface area (TPSA) is 65.9 Å². The molecule has 1 aromatic heterocycles. The van der Waals surface area contributed by atoms with Gasteiger partial charge in [0.2, 0.25) is 5.91 Å². The van der Waals surface area contributed by atoms with Crippen LogP contribution in [0.3, 0.4) is 0 Å². The fourth-order valence-electron chi connectivity index (χ4n) is 3.45. The zero-order chi connectivity index (χ0) is 20.9. The van der Waals surface area contributed by atoms with Crippen LogP contribution in [0.2, 0.25) is 0 Å². The number of nitrogens with zero attached hydrogens (tertiary/aromatic N) is 3. The van der Waals surface area contributed by atoms with Crippen molar-refractivity contribution in [2.24, 2.45) is 0 Å². The van der Waals surface area contributed by atoms with Gasteiger partial charge in [-0.25, -0.2) is 4.98 Å². The third-order valence-electron chi connectivity index (χ3n) is 5.14. The maximum Gasteiger partial charge on any atom is 0.228 e. The smallest absolute Gasteiger partial charge is 0.228 e. The predicted molar refractivity (Wildman–Crippen MR) is 118 cm³/mol. The first-order valence-corrected chi connectivity index (χ1v) is 10.9. The Kier molecular flexibility index (Phi) is 6.18. The normalized spacial score (nSPS) is 14.0. The van der Waals surface area contributed by atoms with Gasteiger partial charge in [0.1, 0.15) is 23.1 Å². The molecular formula is C23H25N3O3S. The van der Waals surface area contributed by atoms with Gasteiger partial charge in [-0.1, -0.05) is 23.8 Å². The molecule has 0 radical (unpaired) electrons. The van der Waals surface area contributed by atoms with E-state index in [1.54, 1.807) is 12.1 Å².